The molecule has 0 radical (unpaired) electrons. The Bertz CT molecular complexity index is 462. The minimum Gasteiger partial charge on any atom is -0.387 e. The number of aliphatic hydroxyl groups is 1. The standard InChI is InChI=1S/C17H25FN2O/c18-14-3-1-2-13(11-14)17(21)16-5-4-15(20-16)10-12-6-8-19-9-7-12/h1-3,11-12,15-17,19-21H,4-10H2/t15-,16+,17-/m0/s1. The lowest BCUT2D eigenvalue weighted by molar-refractivity contribution is 0.133. The van der Waals surface area contributed by atoms with Crippen molar-refractivity contribution < 1.29 is 9.50 Å². The Hall–Kier alpha value is -0.970. The average molecular weight is 292 g/mol. The Labute approximate surface area is 125 Å². The zero-order valence-electron chi connectivity index (χ0n) is 12.4. The van der Waals surface area contributed by atoms with E-state index in [0.29, 0.717) is 11.6 Å². The fraction of sp³-hybridized carbons (Fsp3) is 0.647. The normalized spacial score (nSPS) is 28.7. The molecule has 3 atom stereocenters. The molecule has 1 aromatic rings. The number of benzene rings is 1. The van der Waals surface area contributed by atoms with Crippen molar-refractivity contribution in [3.05, 3.63) is 35.6 Å². The molecule has 21 heavy (non-hydrogen) atoms. The Morgan fingerprint density at radius 3 is 2.76 bits per heavy atom. The summed E-state index contributed by atoms with van der Waals surface area (Å²) in [7, 11) is 0. The van der Waals surface area contributed by atoms with Gasteiger partial charge in [0.25, 0.3) is 0 Å². The highest BCUT2D eigenvalue weighted by atomic mass is 19.1. The number of aliphatic hydroxyl groups excluding tert-OH is 1. The van der Waals surface area contributed by atoms with E-state index >= 15 is 0 Å². The second-order valence-electron chi connectivity index (χ2n) is 6.48. The van der Waals surface area contributed by atoms with Gasteiger partial charge in [-0.3, -0.25) is 0 Å². The van der Waals surface area contributed by atoms with E-state index < -0.39 is 6.10 Å². The van der Waals surface area contributed by atoms with Crippen molar-refractivity contribution in [1.29, 1.82) is 0 Å². The largest absolute Gasteiger partial charge is 0.387 e. The Kier molecular flexibility index (Phi) is 4.88. The van der Waals surface area contributed by atoms with Gasteiger partial charge < -0.3 is 15.7 Å². The lowest BCUT2D eigenvalue weighted by Crippen LogP contribution is -2.37. The number of nitrogens with one attached hydrogen (secondary N) is 2. The van der Waals surface area contributed by atoms with Crippen LogP contribution in [-0.2, 0) is 0 Å². The summed E-state index contributed by atoms with van der Waals surface area (Å²) in [5.74, 6) is 0.518. The molecule has 2 aliphatic heterocycles. The second kappa shape index (κ2) is 6.86. The van der Waals surface area contributed by atoms with E-state index in [1.165, 1.54) is 31.4 Å². The van der Waals surface area contributed by atoms with E-state index in [1.54, 1.807) is 12.1 Å². The summed E-state index contributed by atoms with van der Waals surface area (Å²) in [6.45, 7) is 2.26. The van der Waals surface area contributed by atoms with Crippen LogP contribution in [0.3, 0.4) is 0 Å². The van der Waals surface area contributed by atoms with Gasteiger partial charge in [-0.2, -0.15) is 0 Å². The fourth-order valence-electron chi connectivity index (χ4n) is 3.73. The van der Waals surface area contributed by atoms with E-state index in [-0.39, 0.29) is 11.9 Å². The predicted molar refractivity (Wildman–Crippen MR) is 81.5 cm³/mol. The molecular weight excluding hydrogens is 267 g/mol. The molecule has 2 saturated heterocycles. The summed E-state index contributed by atoms with van der Waals surface area (Å²) < 4.78 is 13.3. The van der Waals surface area contributed by atoms with Crippen molar-refractivity contribution in [3.8, 4) is 0 Å². The Balaban J connectivity index is 1.53. The lowest BCUT2D eigenvalue weighted by atomic mass is 9.90. The van der Waals surface area contributed by atoms with Gasteiger partial charge >= 0.3 is 0 Å². The summed E-state index contributed by atoms with van der Waals surface area (Å²) in [4.78, 5) is 0. The van der Waals surface area contributed by atoms with Crippen molar-refractivity contribution in [2.45, 2.75) is 50.3 Å². The fourth-order valence-corrected chi connectivity index (χ4v) is 3.73. The van der Waals surface area contributed by atoms with Gasteiger partial charge in [-0.25, -0.2) is 4.39 Å². The maximum absolute atomic E-state index is 13.3. The minimum absolute atomic E-state index is 0.0542. The third-order valence-electron chi connectivity index (χ3n) is 4.92. The number of hydrogen-bond donors (Lipinski definition) is 3. The molecule has 2 heterocycles. The zero-order valence-corrected chi connectivity index (χ0v) is 12.4. The van der Waals surface area contributed by atoms with Gasteiger partial charge in [-0.05, 0) is 68.8 Å². The summed E-state index contributed by atoms with van der Waals surface area (Å²) in [5.41, 5.74) is 0.676. The number of hydrogen-bond acceptors (Lipinski definition) is 3. The molecule has 0 spiro atoms. The van der Waals surface area contributed by atoms with Gasteiger partial charge in [0.05, 0.1) is 6.10 Å². The van der Waals surface area contributed by atoms with Gasteiger partial charge in [-0.1, -0.05) is 12.1 Å². The first-order valence-electron chi connectivity index (χ1n) is 8.12. The van der Waals surface area contributed by atoms with Gasteiger partial charge in [0, 0.05) is 12.1 Å². The Morgan fingerprint density at radius 1 is 1.19 bits per heavy atom. The van der Waals surface area contributed by atoms with Crippen LogP contribution in [0.2, 0.25) is 0 Å². The molecule has 3 rings (SSSR count). The third kappa shape index (κ3) is 3.82. The number of halogens is 1. The second-order valence-corrected chi connectivity index (χ2v) is 6.48. The average Bonchev–Trinajstić information content (AvgIpc) is 2.96. The molecule has 4 heteroatoms. The third-order valence-corrected chi connectivity index (χ3v) is 4.92. The van der Waals surface area contributed by atoms with E-state index in [0.717, 1.165) is 31.8 Å². The van der Waals surface area contributed by atoms with Gasteiger partial charge in [0.15, 0.2) is 0 Å². The quantitative estimate of drug-likeness (QED) is 0.798. The molecule has 3 nitrogen and oxygen atoms in total. The number of rotatable bonds is 4. The zero-order chi connectivity index (χ0) is 14.7. The van der Waals surface area contributed by atoms with Crippen molar-refractivity contribution in [2.24, 2.45) is 5.92 Å². The lowest BCUT2D eigenvalue weighted by Gasteiger charge is -2.26. The molecule has 0 aliphatic carbocycles. The van der Waals surface area contributed by atoms with E-state index in [9.17, 15) is 9.50 Å². The van der Waals surface area contributed by atoms with E-state index in [4.69, 9.17) is 0 Å². The van der Waals surface area contributed by atoms with Crippen LogP contribution in [-0.4, -0.2) is 30.3 Å². The maximum Gasteiger partial charge on any atom is 0.123 e. The molecule has 0 bridgehead atoms. The first-order valence-corrected chi connectivity index (χ1v) is 8.12. The monoisotopic (exact) mass is 292 g/mol. The SMILES string of the molecule is O[C@@H](c1cccc(F)c1)[C@H]1CC[C@@H](CC2CCNCC2)N1. The topological polar surface area (TPSA) is 44.3 Å². The summed E-state index contributed by atoms with van der Waals surface area (Å²) in [5, 5.41) is 17.4. The highest BCUT2D eigenvalue weighted by Gasteiger charge is 2.31. The van der Waals surface area contributed by atoms with Crippen LogP contribution in [0.25, 0.3) is 0 Å². The van der Waals surface area contributed by atoms with Gasteiger partial charge in [-0.15, -0.1) is 0 Å². The molecule has 0 unspecified atom stereocenters. The van der Waals surface area contributed by atoms with E-state index in [2.05, 4.69) is 10.6 Å². The molecular formula is C17H25FN2O. The highest BCUT2D eigenvalue weighted by Crippen LogP contribution is 2.29. The molecule has 1 aromatic carbocycles. The van der Waals surface area contributed by atoms with Crippen LogP contribution in [0.4, 0.5) is 4.39 Å². The van der Waals surface area contributed by atoms with Gasteiger partial charge in [0.1, 0.15) is 5.82 Å². The van der Waals surface area contributed by atoms with E-state index in [1.807, 2.05) is 0 Å². The van der Waals surface area contributed by atoms with Crippen molar-refractivity contribution in [1.82, 2.24) is 10.6 Å². The van der Waals surface area contributed by atoms with Crippen LogP contribution >= 0.6 is 0 Å². The molecule has 2 fully saturated rings. The number of piperidine rings is 1. The molecule has 0 aromatic heterocycles. The van der Waals surface area contributed by atoms with Crippen LogP contribution in [0.1, 0.15) is 43.8 Å². The molecule has 2 aliphatic rings. The highest BCUT2D eigenvalue weighted by molar-refractivity contribution is 5.20. The summed E-state index contributed by atoms with van der Waals surface area (Å²) in [6.07, 6.45) is 5.19. The molecule has 0 saturated carbocycles. The van der Waals surface area contributed by atoms with Crippen molar-refractivity contribution >= 4 is 0 Å². The smallest absolute Gasteiger partial charge is 0.123 e. The maximum atomic E-state index is 13.3. The Morgan fingerprint density at radius 2 is 2.00 bits per heavy atom. The van der Waals surface area contributed by atoms with Crippen LogP contribution in [0.5, 0.6) is 0 Å². The van der Waals surface area contributed by atoms with Crippen molar-refractivity contribution in [2.75, 3.05) is 13.1 Å². The first-order chi connectivity index (χ1) is 10.2. The first kappa shape index (κ1) is 14.9. The van der Waals surface area contributed by atoms with Crippen LogP contribution < -0.4 is 10.6 Å². The molecule has 116 valence electrons. The van der Waals surface area contributed by atoms with Crippen molar-refractivity contribution in [3.63, 3.8) is 0 Å². The molecule has 3 N–H and O–H groups in total. The summed E-state index contributed by atoms with van der Waals surface area (Å²) >= 11 is 0. The predicted octanol–water partition coefficient (Wildman–Crippen LogP) is 2.37. The van der Waals surface area contributed by atoms with Crippen LogP contribution in [0, 0.1) is 11.7 Å². The van der Waals surface area contributed by atoms with Gasteiger partial charge in [0.2, 0.25) is 0 Å². The minimum atomic E-state index is -0.612. The molecule has 0 amide bonds. The van der Waals surface area contributed by atoms with Crippen LogP contribution in [0.15, 0.2) is 24.3 Å². The summed E-state index contributed by atoms with van der Waals surface area (Å²) in [6, 6.07) is 6.87.